The predicted octanol–water partition coefficient (Wildman–Crippen LogP) is 1.94. The SMILES string of the molecule is CCC(C#N)NC(=O)c1cccc(C)c1[N+](=O)[O-]. The van der Waals surface area contributed by atoms with Gasteiger partial charge in [0.1, 0.15) is 11.6 Å². The van der Waals surface area contributed by atoms with E-state index < -0.39 is 16.9 Å². The Balaban J connectivity index is 3.11. The summed E-state index contributed by atoms with van der Waals surface area (Å²) in [5.74, 6) is -0.598. The number of aryl methyl sites for hydroxylation is 1. The topological polar surface area (TPSA) is 96.0 Å². The zero-order chi connectivity index (χ0) is 13.7. The standard InChI is InChI=1S/C12H13N3O3/c1-3-9(7-13)14-12(16)10-6-4-5-8(2)11(10)15(17)18/h4-6,9H,3H2,1-2H3,(H,14,16). The first kappa shape index (κ1) is 13.6. The number of amides is 1. The lowest BCUT2D eigenvalue weighted by atomic mass is 10.1. The van der Waals surface area contributed by atoms with Crippen LogP contribution in [0.2, 0.25) is 0 Å². The average molecular weight is 247 g/mol. The number of nitrogens with zero attached hydrogens (tertiary/aromatic N) is 2. The Morgan fingerprint density at radius 1 is 1.61 bits per heavy atom. The lowest BCUT2D eigenvalue weighted by molar-refractivity contribution is -0.385. The minimum Gasteiger partial charge on any atom is -0.336 e. The van der Waals surface area contributed by atoms with Crippen LogP contribution < -0.4 is 5.32 Å². The molecule has 0 bridgehead atoms. The third-order valence-corrected chi connectivity index (χ3v) is 2.53. The largest absolute Gasteiger partial charge is 0.336 e. The third-order valence-electron chi connectivity index (χ3n) is 2.53. The molecule has 0 aliphatic carbocycles. The van der Waals surface area contributed by atoms with Crippen molar-refractivity contribution in [2.45, 2.75) is 26.3 Å². The van der Waals surface area contributed by atoms with E-state index in [1.165, 1.54) is 6.07 Å². The van der Waals surface area contributed by atoms with Crippen molar-refractivity contribution in [3.8, 4) is 6.07 Å². The number of hydrogen-bond donors (Lipinski definition) is 1. The zero-order valence-corrected chi connectivity index (χ0v) is 10.1. The second-order valence-electron chi connectivity index (χ2n) is 3.79. The number of carbonyl (C=O) groups excluding carboxylic acids is 1. The number of nitro groups is 1. The van der Waals surface area contributed by atoms with Crippen molar-refractivity contribution in [2.75, 3.05) is 0 Å². The summed E-state index contributed by atoms with van der Waals surface area (Å²) in [5.41, 5.74) is 0.175. The second-order valence-corrected chi connectivity index (χ2v) is 3.79. The lowest BCUT2D eigenvalue weighted by Gasteiger charge is -2.10. The summed E-state index contributed by atoms with van der Waals surface area (Å²) >= 11 is 0. The normalized spacial score (nSPS) is 11.4. The number of nitro benzene ring substituents is 1. The number of rotatable bonds is 4. The minimum atomic E-state index is -0.641. The van der Waals surface area contributed by atoms with Crippen LogP contribution in [-0.2, 0) is 0 Å². The Morgan fingerprint density at radius 3 is 2.78 bits per heavy atom. The molecule has 1 aromatic carbocycles. The molecular formula is C12H13N3O3. The average Bonchev–Trinajstić information content (AvgIpc) is 2.34. The Labute approximate surface area is 104 Å². The van der Waals surface area contributed by atoms with E-state index in [9.17, 15) is 14.9 Å². The number of nitrogens with one attached hydrogen (secondary N) is 1. The van der Waals surface area contributed by atoms with Crippen LogP contribution >= 0.6 is 0 Å². The van der Waals surface area contributed by atoms with E-state index in [0.29, 0.717) is 12.0 Å². The Bertz CT molecular complexity index is 520. The van der Waals surface area contributed by atoms with Gasteiger partial charge in [0.2, 0.25) is 0 Å². The molecule has 0 aliphatic heterocycles. The van der Waals surface area contributed by atoms with Gasteiger partial charge in [0.25, 0.3) is 11.6 Å². The fraction of sp³-hybridized carbons (Fsp3) is 0.333. The van der Waals surface area contributed by atoms with Gasteiger partial charge in [-0.15, -0.1) is 0 Å². The zero-order valence-electron chi connectivity index (χ0n) is 10.1. The summed E-state index contributed by atoms with van der Waals surface area (Å²) in [4.78, 5) is 22.2. The maximum Gasteiger partial charge on any atom is 0.285 e. The first-order valence-corrected chi connectivity index (χ1v) is 5.45. The number of para-hydroxylation sites is 1. The number of nitriles is 1. The third kappa shape index (κ3) is 2.83. The van der Waals surface area contributed by atoms with Crippen molar-refractivity contribution < 1.29 is 9.72 Å². The molecule has 1 N–H and O–H groups in total. The molecular weight excluding hydrogens is 234 g/mol. The summed E-state index contributed by atoms with van der Waals surface area (Å²) in [7, 11) is 0. The Kier molecular flexibility index (Phi) is 4.38. The van der Waals surface area contributed by atoms with Crippen molar-refractivity contribution in [2.24, 2.45) is 0 Å². The van der Waals surface area contributed by atoms with Crippen molar-refractivity contribution in [3.05, 3.63) is 39.4 Å². The van der Waals surface area contributed by atoms with Gasteiger partial charge in [0.15, 0.2) is 0 Å². The van der Waals surface area contributed by atoms with Gasteiger partial charge in [-0.2, -0.15) is 5.26 Å². The highest BCUT2D eigenvalue weighted by Gasteiger charge is 2.23. The van der Waals surface area contributed by atoms with Gasteiger partial charge in [0, 0.05) is 5.56 Å². The fourth-order valence-corrected chi connectivity index (χ4v) is 1.55. The van der Waals surface area contributed by atoms with Crippen LogP contribution in [0.5, 0.6) is 0 Å². The Morgan fingerprint density at radius 2 is 2.28 bits per heavy atom. The van der Waals surface area contributed by atoms with E-state index in [0.717, 1.165) is 0 Å². The van der Waals surface area contributed by atoms with Crippen LogP contribution in [-0.4, -0.2) is 16.9 Å². The highest BCUT2D eigenvalue weighted by Crippen LogP contribution is 2.22. The predicted molar refractivity (Wildman–Crippen MR) is 65.0 cm³/mol. The van der Waals surface area contributed by atoms with Crippen LogP contribution in [0, 0.1) is 28.4 Å². The first-order valence-electron chi connectivity index (χ1n) is 5.45. The first-order chi connectivity index (χ1) is 8.51. The molecule has 6 heteroatoms. The minimum absolute atomic E-state index is 0.0197. The molecule has 0 saturated heterocycles. The molecule has 0 spiro atoms. The molecule has 1 unspecified atom stereocenters. The molecule has 0 heterocycles. The second kappa shape index (κ2) is 5.77. The summed E-state index contributed by atoms with van der Waals surface area (Å²) in [5, 5.41) is 22.1. The molecule has 6 nitrogen and oxygen atoms in total. The van der Waals surface area contributed by atoms with Crippen LogP contribution in [0.15, 0.2) is 18.2 Å². The van der Waals surface area contributed by atoms with Gasteiger partial charge >= 0.3 is 0 Å². The van der Waals surface area contributed by atoms with Gasteiger partial charge in [-0.25, -0.2) is 0 Å². The molecule has 18 heavy (non-hydrogen) atoms. The van der Waals surface area contributed by atoms with Crippen molar-refractivity contribution in [1.82, 2.24) is 5.32 Å². The highest BCUT2D eigenvalue weighted by molar-refractivity contribution is 5.98. The quantitative estimate of drug-likeness (QED) is 0.649. The molecule has 0 saturated carbocycles. The summed E-state index contributed by atoms with van der Waals surface area (Å²) in [6, 6.07) is 5.79. The van der Waals surface area contributed by atoms with Crippen molar-refractivity contribution in [3.63, 3.8) is 0 Å². The van der Waals surface area contributed by atoms with Crippen molar-refractivity contribution >= 4 is 11.6 Å². The smallest absolute Gasteiger partial charge is 0.285 e. The molecule has 0 radical (unpaired) electrons. The summed E-state index contributed by atoms with van der Waals surface area (Å²) < 4.78 is 0. The number of benzene rings is 1. The van der Waals surface area contributed by atoms with E-state index in [4.69, 9.17) is 5.26 Å². The fourth-order valence-electron chi connectivity index (χ4n) is 1.55. The molecule has 1 aromatic rings. The summed E-state index contributed by atoms with van der Waals surface area (Å²) in [6.45, 7) is 3.31. The van der Waals surface area contributed by atoms with E-state index in [1.54, 1.807) is 26.0 Å². The lowest BCUT2D eigenvalue weighted by Crippen LogP contribution is -2.33. The maximum atomic E-state index is 11.9. The van der Waals surface area contributed by atoms with Gasteiger partial charge < -0.3 is 5.32 Å². The molecule has 94 valence electrons. The van der Waals surface area contributed by atoms with Gasteiger partial charge in [-0.1, -0.05) is 19.1 Å². The molecule has 1 amide bonds. The molecule has 1 atom stereocenters. The van der Waals surface area contributed by atoms with E-state index in [-0.39, 0.29) is 11.3 Å². The van der Waals surface area contributed by atoms with Crippen LogP contribution in [0.1, 0.15) is 29.3 Å². The monoisotopic (exact) mass is 247 g/mol. The van der Waals surface area contributed by atoms with Gasteiger partial charge in [0.05, 0.1) is 11.0 Å². The van der Waals surface area contributed by atoms with Crippen molar-refractivity contribution in [1.29, 1.82) is 5.26 Å². The molecule has 0 aromatic heterocycles. The van der Waals surface area contributed by atoms with Gasteiger partial charge in [-0.3, -0.25) is 14.9 Å². The van der Waals surface area contributed by atoms with E-state index in [2.05, 4.69) is 5.32 Å². The molecule has 0 fully saturated rings. The number of carbonyl (C=O) groups is 1. The van der Waals surface area contributed by atoms with Crippen LogP contribution in [0.3, 0.4) is 0 Å². The maximum absolute atomic E-state index is 11.9. The van der Waals surface area contributed by atoms with Crippen LogP contribution in [0.4, 0.5) is 5.69 Å². The van der Waals surface area contributed by atoms with Crippen LogP contribution in [0.25, 0.3) is 0 Å². The molecule has 1 rings (SSSR count). The Hall–Kier alpha value is -2.42. The van der Waals surface area contributed by atoms with E-state index >= 15 is 0 Å². The van der Waals surface area contributed by atoms with Gasteiger partial charge in [-0.05, 0) is 19.4 Å². The number of hydrogen-bond acceptors (Lipinski definition) is 4. The summed E-state index contributed by atoms with van der Waals surface area (Å²) in [6.07, 6.45) is 0.446. The molecule has 0 aliphatic rings. The highest BCUT2D eigenvalue weighted by atomic mass is 16.6. The van der Waals surface area contributed by atoms with E-state index in [1.807, 2.05) is 6.07 Å².